The molecule has 4 heterocycles. The Balaban J connectivity index is 1.50. The number of aromatic nitrogens is 5. The second kappa shape index (κ2) is 6.86. The van der Waals surface area contributed by atoms with Gasteiger partial charge in [-0.25, -0.2) is 4.57 Å². The van der Waals surface area contributed by atoms with Crippen LogP contribution in [-0.2, 0) is 19.5 Å². The number of para-hydroxylation sites is 1. The van der Waals surface area contributed by atoms with E-state index in [0.717, 1.165) is 42.0 Å². The average Bonchev–Trinajstić information content (AvgIpc) is 3.40. The molecule has 0 aliphatic carbocycles. The predicted molar refractivity (Wildman–Crippen MR) is 115 cm³/mol. The van der Waals surface area contributed by atoms with Crippen molar-refractivity contribution >= 4 is 27.3 Å². The minimum absolute atomic E-state index is 0.0393. The van der Waals surface area contributed by atoms with Crippen molar-refractivity contribution in [1.29, 1.82) is 0 Å². The molecule has 1 aliphatic rings. The minimum Gasteiger partial charge on any atom is -0.326 e. The number of nitrogens with one attached hydrogen (secondary N) is 1. The van der Waals surface area contributed by atoms with Crippen molar-refractivity contribution in [1.82, 2.24) is 24.6 Å². The van der Waals surface area contributed by atoms with Gasteiger partial charge in [0.25, 0.3) is 11.3 Å². The minimum atomic E-state index is -0.0393. The van der Waals surface area contributed by atoms with Crippen LogP contribution in [0.4, 0.5) is 0 Å². The summed E-state index contributed by atoms with van der Waals surface area (Å²) in [6.07, 6.45) is 0.884. The number of thiophene rings is 1. The number of rotatable bonds is 3. The van der Waals surface area contributed by atoms with Crippen molar-refractivity contribution in [2.45, 2.75) is 19.5 Å². The fraction of sp³-hybridized carbons (Fsp3) is 0.182. The van der Waals surface area contributed by atoms with E-state index in [2.05, 4.69) is 39.8 Å². The highest BCUT2D eigenvalue weighted by Gasteiger charge is 2.28. The lowest BCUT2D eigenvalue weighted by Crippen LogP contribution is -3.10. The smallest absolute Gasteiger partial charge is 0.268 e. The summed E-state index contributed by atoms with van der Waals surface area (Å²) in [5, 5.41) is 13.0. The Labute approximate surface area is 175 Å². The second-order valence-corrected chi connectivity index (χ2v) is 8.72. The summed E-state index contributed by atoms with van der Waals surface area (Å²) in [4.78, 5) is 17.2. The van der Waals surface area contributed by atoms with Crippen molar-refractivity contribution in [3.8, 4) is 5.69 Å². The van der Waals surface area contributed by atoms with Gasteiger partial charge in [-0.2, -0.15) is 4.52 Å². The van der Waals surface area contributed by atoms with Crippen LogP contribution >= 0.6 is 11.3 Å². The second-order valence-electron chi connectivity index (χ2n) is 7.64. The third kappa shape index (κ3) is 2.68. The molecular weight excluding hydrogens is 396 g/mol. The Morgan fingerprint density at radius 2 is 1.80 bits per heavy atom. The molecule has 1 atom stereocenters. The molecule has 8 heteroatoms. The van der Waals surface area contributed by atoms with Gasteiger partial charge in [0, 0.05) is 12.0 Å². The third-order valence-electron chi connectivity index (χ3n) is 5.78. The summed E-state index contributed by atoms with van der Waals surface area (Å²) in [6.45, 7) is 2.91. The quantitative estimate of drug-likeness (QED) is 0.486. The number of hydrogen-bond acceptors (Lipinski definition) is 5. The van der Waals surface area contributed by atoms with Crippen molar-refractivity contribution in [2.75, 3.05) is 6.54 Å². The van der Waals surface area contributed by atoms with Crippen LogP contribution in [-0.4, -0.2) is 31.2 Å². The van der Waals surface area contributed by atoms with E-state index in [1.165, 1.54) is 20.9 Å². The standard InChI is InChI=1S/C22H18N6OS/c29-20-19-17-11-12-26(13-15-7-3-1-4-8-15)14-18(17)30-21(19)28-22(23-24-25-28)27(20)16-9-5-2-6-10-16/h1-10H,11-14H2/p+1. The molecular formula is C22H19N6OS+. The van der Waals surface area contributed by atoms with Gasteiger partial charge in [-0.3, -0.25) is 4.79 Å². The molecule has 1 aliphatic heterocycles. The van der Waals surface area contributed by atoms with Crippen LogP contribution in [0.15, 0.2) is 65.5 Å². The molecule has 3 aromatic heterocycles. The Morgan fingerprint density at radius 3 is 2.60 bits per heavy atom. The van der Waals surface area contributed by atoms with Crippen molar-refractivity contribution in [3.05, 3.63) is 87.0 Å². The first-order valence-electron chi connectivity index (χ1n) is 10.00. The van der Waals surface area contributed by atoms with Crippen LogP contribution in [0.1, 0.15) is 16.0 Å². The lowest BCUT2D eigenvalue weighted by molar-refractivity contribution is -0.929. The van der Waals surface area contributed by atoms with Crippen LogP contribution in [0.25, 0.3) is 21.7 Å². The molecule has 6 rings (SSSR count). The van der Waals surface area contributed by atoms with E-state index >= 15 is 0 Å². The van der Waals surface area contributed by atoms with Crippen molar-refractivity contribution in [3.63, 3.8) is 0 Å². The molecule has 0 saturated heterocycles. The highest BCUT2D eigenvalue weighted by Crippen LogP contribution is 2.31. The van der Waals surface area contributed by atoms with E-state index in [1.807, 2.05) is 36.4 Å². The highest BCUT2D eigenvalue weighted by atomic mass is 32.1. The Morgan fingerprint density at radius 1 is 1.03 bits per heavy atom. The number of hydrogen-bond donors (Lipinski definition) is 1. The number of nitrogens with zero attached hydrogens (tertiary/aromatic N) is 5. The van der Waals surface area contributed by atoms with Crippen LogP contribution in [0.3, 0.4) is 0 Å². The van der Waals surface area contributed by atoms with E-state index in [1.54, 1.807) is 20.4 Å². The average molecular weight is 416 g/mol. The van der Waals surface area contributed by atoms with Crippen LogP contribution in [0, 0.1) is 0 Å². The number of quaternary nitrogens is 1. The zero-order valence-corrected chi connectivity index (χ0v) is 17.0. The van der Waals surface area contributed by atoms with Gasteiger partial charge >= 0.3 is 0 Å². The number of fused-ring (bicyclic) bond motifs is 5. The zero-order chi connectivity index (χ0) is 20.1. The maximum absolute atomic E-state index is 13.6. The third-order valence-corrected chi connectivity index (χ3v) is 6.99. The monoisotopic (exact) mass is 415 g/mol. The van der Waals surface area contributed by atoms with Gasteiger partial charge in [0.05, 0.1) is 22.5 Å². The van der Waals surface area contributed by atoms with Gasteiger partial charge < -0.3 is 4.90 Å². The molecule has 0 amide bonds. The molecule has 2 aromatic carbocycles. The highest BCUT2D eigenvalue weighted by molar-refractivity contribution is 7.18. The summed E-state index contributed by atoms with van der Waals surface area (Å²) >= 11 is 1.65. The molecule has 0 saturated carbocycles. The topological polar surface area (TPSA) is 69.5 Å². The summed E-state index contributed by atoms with van der Waals surface area (Å²) in [5.74, 6) is 0.450. The zero-order valence-electron chi connectivity index (χ0n) is 16.2. The Bertz CT molecular complexity index is 1420. The van der Waals surface area contributed by atoms with Gasteiger partial charge in [-0.1, -0.05) is 53.6 Å². The fourth-order valence-corrected chi connectivity index (χ4v) is 5.75. The van der Waals surface area contributed by atoms with E-state index < -0.39 is 0 Å². The van der Waals surface area contributed by atoms with Crippen LogP contribution in [0.2, 0.25) is 0 Å². The predicted octanol–water partition coefficient (Wildman–Crippen LogP) is 1.63. The fourth-order valence-electron chi connectivity index (χ4n) is 4.39. The largest absolute Gasteiger partial charge is 0.326 e. The molecule has 1 N–H and O–H groups in total. The van der Waals surface area contributed by atoms with E-state index in [9.17, 15) is 4.79 Å². The SMILES string of the molecule is O=c1c2c3c(sc2n2nnnc2n1-c1ccccc1)C[NH+](Cc1ccccc1)CC3. The summed E-state index contributed by atoms with van der Waals surface area (Å²) in [5.41, 5.74) is 3.24. The van der Waals surface area contributed by atoms with Gasteiger partial charge in [0.2, 0.25) is 0 Å². The van der Waals surface area contributed by atoms with Gasteiger partial charge in [-0.05, 0) is 28.1 Å². The van der Waals surface area contributed by atoms with E-state index in [-0.39, 0.29) is 5.56 Å². The van der Waals surface area contributed by atoms with Crippen LogP contribution < -0.4 is 10.5 Å². The van der Waals surface area contributed by atoms with Crippen molar-refractivity contribution < 1.29 is 4.90 Å². The molecule has 0 bridgehead atoms. The molecule has 30 heavy (non-hydrogen) atoms. The molecule has 1 unspecified atom stereocenters. The Kier molecular flexibility index (Phi) is 4.00. The lowest BCUT2D eigenvalue weighted by Gasteiger charge is -2.23. The summed E-state index contributed by atoms with van der Waals surface area (Å²) < 4.78 is 3.34. The summed E-state index contributed by atoms with van der Waals surface area (Å²) in [6, 6.07) is 20.2. The van der Waals surface area contributed by atoms with Crippen molar-refractivity contribution in [2.24, 2.45) is 0 Å². The van der Waals surface area contributed by atoms with Gasteiger partial charge in [-0.15, -0.1) is 11.3 Å². The molecule has 5 aromatic rings. The van der Waals surface area contributed by atoms with E-state index in [0.29, 0.717) is 5.78 Å². The molecule has 7 nitrogen and oxygen atoms in total. The van der Waals surface area contributed by atoms with Gasteiger partial charge in [0.1, 0.15) is 17.9 Å². The first-order valence-corrected chi connectivity index (χ1v) is 10.8. The first-order chi connectivity index (χ1) is 14.8. The molecule has 148 valence electrons. The molecule has 0 spiro atoms. The normalized spacial score (nSPS) is 16.2. The first kappa shape index (κ1) is 17.5. The van der Waals surface area contributed by atoms with Crippen LogP contribution in [0.5, 0.6) is 0 Å². The maximum Gasteiger partial charge on any atom is 0.268 e. The molecule has 0 radical (unpaired) electrons. The van der Waals surface area contributed by atoms with E-state index in [4.69, 9.17) is 0 Å². The number of tetrazole rings is 1. The molecule has 0 fully saturated rings. The van der Waals surface area contributed by atoms with Gasteiger partial charge in [0.15, 0.2) is 0 Å². The Hall–Kier alpha value is -3.36. The number of benzene rings is 2. The summed E-state index contributed by atoms with van der Waals surface area (Å²) in [7, 11) is 0. The lowest BCUT2D eigenvalue weighted by atomic mass is 10.0. The maximum atomic E-state index is 13.6.